The topological polar surface area (TPSA) is 103 Å². The number of rotatable bonds is 7. The third kappa shape index (κ3) is 5.82. The quantitative estimate of drug-likeness (QED) is 0.372. The number of carbonyl (C=O) groups is 1. The number of halogens is 1. The largest absolute Gasteiger partial charge is 0.456 e. The van der Waals surface area contributed by atoms with Gasteiger partial charge in [0, 0.05) is 22.7 Å². The van der Waals surface area contributed by atoms with Crippen LogP contribution in [0.4, 0.5) is 10.8 Å². The Hall–Kier alpha value is -2.69. The van der Waals surface area contributed by atoms with Crippen molar-refractivity contribution < 1.29 is 17.9 Å². The molecule has 1 aliphatic heterocycles. The highest BCUT2D eigenvalue weighted by Gasteiger charge is 2.31. The Labute approximate surface area is 201 Å². The number of nitrogens with zero attached hydrogens (tertiary/aromatic N) is 3. The van der Waals surface area contributed by atoms with Crippen LogP contribution in [0.15, 0.2) is 35.7 Å². The molecule has 11 heteroatoms. The molecule has 1 fully saturated rings. The van der Waals surface area contributed by atoms with Gasteiger partial charge in [-0.3, -0.25) is 0 Å². The van der Waals surface area contributed by atoms with Gasteiger partial charge in [0.05, 0.1) is 28.9 Å². The van der Waals surface area contributed by atoms with Crippen LogP contribution in [-0.4, -0.2) is 40.7 Å². The summed E-state index contributed by atoms with van der Waals surface area (Å²) in [6, 6.07) is 7.68. The van der Waals surface area contributed by atoms with Crippen LogP contribution in [0.5, 0.6) is 0 Å². The van der Waals surface area contributed by atoms with Crippen molar-refractivity contribution in [1.29, 1.82) is 0 Å². The molecule has 0 saturated carbocycles. The molecule has 0 spiro atoms. The van der Waals surface area contributed by atoms with Gasteiger partial charge >= 0.3 is 5.97 Å². The average Bonchev–Trinajstić information content (AvgIpc) is 3.44. The van der Waals surface area contributed by atoms with Gasteiger partial charge in [-0.25, -0.2) is 22.9 Å². The van der Waals surface area contributed by atoms with E-state index in [9.17, 15) is 13.2 Å². The van der Waals surface area contributed by atoms with Crippen molar-refractivity contribution in [3.63, 3.8) is 0 Å². The monoisotopic (exact) mass is 506 g/mol. The molecule has 0 bridgehead atoms. The van der Waals surface area contributed by atoms with Crippen LogP contribution in [0, 0.1) is 13.8 Å². The number of sulfone groups is 1. The van der Waals surface area contributed by atoms with Gasteiger partial charge in [-0.2, -0.15) is 5.10 Å². The molecule has 174 valence electrons. The van der Waals surface area contributed by atoms with Gasteiger partial charge in [-0.1, -0.05) is 29.3 Å². The molecule has 2 aromatic heterocycles. The molecule has 1 saturated heterocycles. The highest BCUT2D eigenvalue weighted by atomic mass is 35.5. The van der Waals surface area contributed by atoms with Crippen molar-refractivity contribution in [2.75, 3.05) is 16.8 Å². The summed E-state index contributed by atoms with van der Waals surface area (Å²) >= 11 is 7.85. The van der Waals surface area contributed by atoms with Crippen LogP contribution in [0.1, 0.15) is 35.0 Å². The summed E-state index contributed by atoms with van der Waals surface area (Å²) in [5, 5.41) is 10.4. The van der Waals surface area contributed by atoms with E-state index in [4.69, 9.17) is 16.3 Å². The lowest BCUT2D eigenvalue weighted by Crippen LogP contribution is -2.12. The zero-order valence-electron chi connectivity index (χ0n) is 18.1. The Morgan fingerprint density at radius 3 is 2.79 bits per heavy atom. The number of aryl methyl sites for hydroxylation is 2. The van der Waals surface area contributed by atoms with Gasteiger partial charge in [0.1, 0.15) is 11.8 Å². The second-order valence-corrected chi connectivity index (χ2v) is 11.3. The zero-order valence-corrected chi connectivity index (χ0v) is 20.5. The molecule has 3 aromatic rings. The Balaban J connectivity index is 1.33. The van der Waals surface area contributed by atoms with Gasteiger partial charge in [0.15, 0.2) is 15.0 Å². The number of benzene rings is 1. The molecule has 0 aliphatic carbocycles. The molecule has 1 aliphatic rings. The molecule has 1 atom stereocenters. The molecular formula is C22H23ClN4O4S2. The lowest BCUT2D eigenvalue weighted by Gasteiger charge is -2.09. The predicted molar refractivity (Wildman–Crippen MR) is 130 cm³/mol. The number of ether oxygens (including phenoxy) is 1. The Kier molecular flexibility index (Phi) is 6.87. The number of hydrogen-bond acceptors (Lipinski definition) is 8. The zero-order chi connectivity index (χ0) is 23.6. The Morgan fingerprint density at radius 1 is 1.33 bits per heavy atom. The normalized spacial score (nSPS) is 17.5. The van der Waals surface area contributed by atoms with E-state index in [1.165, 1.54) is 27.7 Å². The minimum absolute atomic E-state index is 0.0213. The fourth-order valence-electron chi connectivity index (χ4n) is 3.47. The fourth-order valence-corrected chi connectivity index (χ4v) is 6.25. The van der Waals surface area contributed by atoms with Crippen molar-refractivity contribution in [2.24, 2.45) is 0 Å². The van der Waals surface area contributed by atoms with Crippen molar-refractivity contribution in [2.45, 2.75) is 32.9 Å². The standard InChI is InChI=1S/C22H23ClN4O4S2/c1-14-3-5-16(6-4-14)24-22-25-17(12-32-22)11-31-20(28)8-7-19-15(2)26-27(21(19)23)18-9-10-33(29,30)13-18/h3-8,12,18H,9-11,13H2,1-2H3,(H,24,25)/b8-7+/t18-/m0/s1. The number of carbonyl (C=O) groups excluding carboxylic acids is 1. The summed E-state index contributed by atoms with van der Waals surface area (Å²) in [6.45, 7) is 3.83. The number of aromatic nitrogens is 3. The third-order valence-corrected chi connectivity index (χ3v) is 8.16. The van der Waals surface area contributed by atoms with E-state index in [1.807, 2.05) is 36.6 Å². The Morgan fingerprint density at radius 2 is 2.09 bits per heavy atom. The number of nitrogens with one attached hydrogen (secondary N) is 1. The van der Waals surface area contributed by atoms with E-state index in [0.717, 1.165) is 5.69 Å². The van der Waals surface area contributed by atoms with E-state index >= 15 is 0 Å². The molecular weight excluding hydrogens is 484 g/mol. The number of anilines is 2. The molecule has 1 aromatic carbocycles. The van der Waals surface area contributed by atoms with Crippen molar-refractivity contribution >= 4 is 55.6 Å². The van der Waals surface area contributed by atoms with Crippen LogP contribution >= 0.6 is 22.9 Å². The Bertz CT molecular complexity index is 1300. The summed E-state index contributed by atoms with van der Waals surface area (Å²) in [7, 11) is -3.06. The molecule has 1 N–H and O–H groups in total. The average molecular weight is 507 g/mol. The third-order valence-electron chi connectivity index (χ3n) is 5.23. The van der Waals surface area contributed by atoms with Crippen molar-refractivity contribution in [3.05, 3.63) is 63.4 Å². The molecule has 0 radical (unpaired) electrons. The molecule has 0 unspecified atom stereocenters. The summed E-state index contributed by atoms with van der Waals surface area (Å²) in [5.74, 6) is -0.390. The number of hydrogen-bond donors (Lipinski definition) is 1. The molecule has 33 heavy (non-hydrogen) atoms. The lowest BCUT2D eigenvalue weighted by atomic mass is 10.2. The van der Waals surface area contributed by atoms with E-state index in [0.29, 0.717) is 33.7 Å². The maximum atomic E-state index is 12.2. The lowest BCUT2D eigenvalue weighted by molar-refractivity contribution is -0.139. The number of thiazole rings is 1. The maximum Gasteiger partial charge on any atom is 0.331 e. The minimum Gasteiger partial charge on any atom is -0.456 e. The van der Waals surface area contributed by atoms with Gasteiger partial charge in [0.2, 0.25) is 0 Å². The minimum atomic E-state index is -3.06. The highest BCUT2D eigenvalue weighted by molar-refractivity contribution is 7.91. The van der Waals surface area contributed by atoms with Crippen LogP contribution in [-0.2, 0) is 26.0 Å². The smallest absolute Gasteiger partial charge is 0.331 e. The van der Waals surface area contributed by atoms with Crippen LogP contribution in [0.2, 0.25) is 5.15 Å². The van der Waals surface area contributed by atoms with E-state index in [2.05, 4.69) is 15.4 Å². The number of esters is 1. The summed E-state index contributed by atoms with van der Waals surface area (Å²) in [5.41, 5.74) is 3.93. The van der Waals surface area contributed by atoms with E-state index < -0.39 is 15.8 Å². The molecule has 4 rings (SSSR count). The van der Waals surface area contributed by atoms with Crippen LogP contribution < -0.4 is 5.32 Å². The molecule has 3 heterocycles. The van der Waals surface area contributed by atoms with Crippen molar-refractivity contribution in [3.8, 4) is 0 Å². The first-order chi connectivity index (χ1) is 15.7. The SMILES string of the molecule is Cc1ccc(Nc2nc(COC(=O)/C=C/c3c(C)nn([C@H]4CCS(=O)(=O)C4)c3Cl)cs2)cc1. The first kappa shape index (κ1) is 23.5. The maximum absolute atomic E-state index is 12.2. The second-order valence-electron chi connectivity index (χ2n) is 7.87. The first-order valence-corrected chi connectivity index (χ1v) is 13.4. The molecule has 0 amide bonds. The first-order valence-electron chi connectivity index (χ1n) is 10.3. The summed E-state index contributed by atoms with van der Waals surface area (Å²) in [6.07, 6.45) is 3.30. The van der Waals surface area contributed by atoms with Gasteiger partial charge in [-0.15, -0.1) is 11.3 Å². The second kappa shape index (κ2) is 9.66. The van der Waals surface area contributed by atoms with Gasteiger partial charge in [0.25, 0.3) is 0 Å². The van der Waals surface area contributed by atoms with E-state index in [1.54, 1.807) is 13.0 Å². The van der Waals surface area contributed by atoms with Gasteiger partial charge < -0.3 is 10.1 Å². The summed E-state index contributed by atoms with van der Waals surface area (Å²) in [4.78, 5) is 16.6. The molecule has 8 nitrogen and oxygen atoms in total. The van der Waals surface area contributed by atoms with Gasteiger partial charge in [-0.05, 0) is 38.5 Å². The highest BCUT2D eigenvalue weighted by Crippen LogP contribution is 2.30. The predicted octanol–water partition coefficient (Wildman–Crippen LogP) is 4.47. The van der Waals surface area contributed by atoms with Crippen LogP contribution in [0.25, 0.3) is 6.08 Å². The fraction of sp³-hybridized carbons (Fsp3) is 0.318. The summed E-state index contributed by atoms with van der Waals surface area (Å²) < 4.78 is 30.3. The van der Waals surface area contributed by atoms with E-state index in [-0.39, 0.29) is 24.2 Å². The van der Waals surface area contributed by atoms with Crippen molar-refractivity contribution in [1.82, 2.24) is 14.8 Å². The van der Waals surface area contributed by atoms with Crippen LogP contribution in [0.3, 0.4) is 0 Å².